The lowest BCUT2D eigenvalue weighted by molar-refractivity contribution is 0.626. The summed E-state index contributed by atoms with van der Waals surface area (Å²) in [6, 6.07) is 8.21. The SMILES string of the molecule is Cc1ccccc1Nc1nc(Br)nc2c1CNCC2. The molecule has 98 valence electrons. The zero-order valence-electron chi connectivity index (χ0n) is 10.7. The monoisotopic (exact) mass is 318 g/mol. The van der Waals surface area contributed by atoms with Gasteiger partial charge in [-0.1, -0.05) is 18.2 Å². The molecule has 0 bridgehead atoms. The average Bonchev–Trinajstić information content (AvgIpc) is 2.41. The van der Waals surface area contributed by atoms with Crippen molar-refractivity contribution in [2.45, 2.75) is 19.9 Å². The number of aromatic nitrogens is 2. The Morgan fingerprint density at radius 3 is 2.95 bits per heavy atom. The molecule has 0 atom stereocenters. The molecule has 0 amide bonds. The molecule has 0 aliphatic carbocycles. The van der Waals surface area contributed by atoms with Crippen LogP contribution >= 0.6 is 15.9 Å². The molecule has 5 heteroatoms. The lowest BCUT2D eigenvalue weighted by atomic mass is 10.1. The number of anilines is 2. The number of fused-ring (bicyclic) bond motifs is 1. The average molecular weight is 319 g/mol. The number of hydrogen-bond donors (Lipinski definition) is 2. The van der Waals surface area contributed by atoms with E-state index in [9.17, 15) is 0 Å². The number of nitrogens with zero attached hydrogens (tertiary/aromatic N) is 2. The van der Waals surface area contributed by atoms with Gasteiger partial charge in [-0.3, -0.25) is 0 Å². The quantitative estimate of drug-likeness (QED) is 0.836. The van der Waals surface area contributed by atoms with Crippen molar-refractivity contribution in [1.82, 2.24) is 15.3 Å². The largest absolute Gasteiger partial charge is 0.340 e. The summed E-state index contributed by atoms with van der Waals surface area (Å²) in [6.45, 7) is 3.88. The molecule has 0 saturated heterocycles. The van der Waals surface area contributed by atoms with E-state index >= 15 is 0 Å². The van der Waals surface area contributed by atoms with Crippen molar-refractivity contribution >= 4 is 27.4 Å². The minimum Gasteiger partial charge on any atom is -0.340 e. The van der Waals surface area contributed by atoms with Gasteiger partial charge >= 0.3 is 0 Å². The molecule has 19 heavy (non-hydrogen) atoms. The summed E-state index contributed by atoms with van der Waals surface area (Å²) in [7, 11) is 0. The standard InChI is InChI=1S/C14H15BrN4/c1-9-4-2-3-5-11(9)17-13-10-8-16-7-6-12(10)18-14(15)19-13/h2-5,16H,6-8H2,1H3,(H,17,18,19). The molecule has 2 heterocycles. The van der Waals surface area contributed by atoms with Crippen LogP contribution in [0.1, 0.15) is 16.8 Å². The molecule has 3 rings (SSSR count). The van der Waals surface area contributed by atoms with Gasteiger partial charge in [-0.2, -0.15) is 0 Å². The fourth-order valence-electron chi connectivity index (χ4n) is 2.26. The van der Waals surface area contributed by atoms with Gasteiger partial charge in [-0.05, 0) is 34.5 Å². The Kier molecular flexibility index (Phi) is 3.48. The number of hydrogen-bond acceptors (Lipinski definition) is 4. The third kappa shape index (κ3) is 2.62. The van der Waals surface area contributed by atoms with Crippen LogP contribution in [0.4, 0.5) is 11.5 Å². The zero-order chi connectivity index (χ0) is 13.2. The van der Waals surface area contributed by atoms with E-state index in [0.717, 1.165) is 42.3 Å². The maximum Gasteiger partial charge on any atom is 0.198 e. The van der Waals surface area contributed by atoms with Crippen LogP contribution in [-0.2, 0) is 13.0 Å². The van der Waals surface area contributed by atoms with Gasteiger partial charge in [0.05, 0.1) is 5.69 Å². The van der Waals surface area contributed by atoms with Crippen molar-refractivity contribution in [3.05, 3.63) is 45.8 Å². The van der Waals surface area contributed by atoms with Crippen LogP contribution < -0.4 is 10.6 Å². The second kappa shape index (κ2) is 5.27. The summed E-state index contributed by atoms with van der Waals surface area (Å²) in [5.41, 5.74) is 4.57. The van der Waals surface area contributed by atoms with Crippen molar-refractivity contribution in [3.8, 4) is 0 Å². The van der Waals surface area contributed by atoms with E-state index in [0.29, 0.717) is 4.73 Å². The van der Waals surface area contributed by atoms with Gasteiger partial charge in [0.2, 0.25) is 0 Å². The first kappa shape index (κ1) is 12.6. The number of nitrogens with one attached hydrogen (secondary N) is 2. The van der Waals surface area contributed by atoms with E-state index < -0.39 is 0 Å². The molecule has 1 aliphatic rings. The van der Waals surface area contributed by atoms with Crippen LogP contribution in [0.5, 0.6) is 0 Å². The van der Waals surface area contributed by atoms with E-state index in [1.807, 2.05) is 12.1 Å². The summed E-state index contributed by atoms with van der Waals surface area (Å²) in [5, 5.41) is 6.79. The van der Waals surface area contributed by atoms with E-state index in [-0.39, 0.29) is 0 Å². The van der Waals surface area contributed by atoms with Crippen LogP contribution in [0.25, 0.3) is 0 Å². The summed E-state index contributed by atoms with van der Waals surface area (Å²) in [6.07, 6.45) is 0.943. The van der Waals surface area contributed by atoms with Gasteiger partial charge in [-0.25, -0.2) is 9.97 Å². The van der Waals surface area contributed by atoms with Crippen LogP contribution in [0.15, 0.2) is 29.0 Å². The molecule has 4 nitrogen and oxygen atoms in total. The fraction of sp³-hybridized carbons (Fsp3) is 0.286. The highest BCUT2D eigenvalue weighted by molar-refractivity contribution is 9.10. The first-order valence-electron chi connectivity index (χ1n) is 6.32. The van der Waals surface area contributed by atoms with Gasteiger partial charge in [0, 0.05) is 30.8 Å². The Morgan fingerprint density at radius 1 is 1.26 bits per heavy atom. The maximum atomic E-state index is 4.48. The molecule has 1 aromatic carbocycles. The summed E-state index contributed by atoms with van der Waals surface area (Å²) >= 11 is 3.39. The minimum atomic E-state index is 0.643. The summed E-state index contributed by atoms with van der Waals surface area (Å²) in [5.74, 6) is 0.887. The predicted molar refractivity (Wildman–Crippen MR) is 79.6 cm³/mol. The van der Waals surface area contributed by atoms with Gasteiger partial charge in [-0.15, -0.1) is 0 Å². The highest BCUT2D eigenvalue weighted by atomic mass is 79.9. The van der Waals surface area contributed by atoms with Crippen molar-refractivity contribution in [2.75, 3.05) is 11.9 Å². The first-order valence-corrected chi connectivity index (χ1v) is 7.12. The molecule has 0 unspecified atom stereocenters. The maximum absolute atomic E-state index is 4.48. The second-order valence-corrected chi connectivity index (χ2v) is 5.34. The lowest BCUT2D eigenvalue weighted by Gasteiger charge is -2.20. The Morgan fingerprint density at radius 2 is 2.11 bits per heavy atom. The zero-order valence-corrected chi connectivity index (χ0v) is 12.3. The van der Waals surface area contributed by atoms with Crippen LogP contribution in [0.3, 0.4) is 0 Å². The lowest BCUT2D eigenvalue weighted by Crippen LogP contribution is -2.26. The number of para-hydroxylation sites is 1. The molecule has 0 saturated carbocycles. The van der Waals surface area contributed by atoms with E-state index in [4.69, 9.17) is 0 Å². The third-order valence-corrected chi connectivity index (χ3v) is 3.66. The van der Waals surface area contributed by atoms with Crippen LogP contribution in [0, 0.1) is 6.92 Å². The molecule has 1 aromatic heterocycles. The molecule has 2 aromatic rings. The second-order valence-electron chi connectivity index (χ2n) is 4.63. The van der Waals surface area contributed by atoms with E-state index in [1.54, 1.807) is 0 Å². The number of benzene rings is 1. The first-order chi connectivity index (χ1) is 9.24. The van der Waals surface area contributed by atoms with Gasteiger partial charge in [0.1, 0.15) is 5.82 Å². The number of halogens is 1. The van der Waals surface area contributed by atoms with Gasteiger partial charge in [0.15, 0.2) is 4.73 Å². The molecular formula is C14H15BrN4. The van der Waals surface area contributed by atoms with Crippen LogP contribution in [-0.4, -0.2) is 16.5 Å². The number of aryl methyl sites for hydroxylation is 1. The Labute approximate surface area is 120 Å². The van der Waals surface area contributed by atoms with Crippen molar-refractivity contribution in [3.63, 3.8) is 0 Å². The molecule has 1 aliphatic heterocycles. The molecular weight excluding hydrogens is 304 g/mol. The minimum absolute atomic E-state index is 0.643. The Balaban J connectivity index is 2.01. The molecule has 0 spiro atoms. The van der Waals surface area contributed by atoms with Crippen molar-refractivity contribution < 1.29 is 0 Å². The van der Waals surface area contributed by atoms with Gasteiger partial charge in [0.25, 0.3) is 0 Å². The van der Waals surface area contributed by atoms with Crippen molar-refractivity contribution in [2.24, 2.45) is 0 Å². The normalized spacial score (nSPS) is 14.0. The van der Waals surface area contributed by atoms with Crippen LogP contribution in [0.2, 0.25) is 0 Å². The summed E-state index contributed by atoms with van der Waals surface area (Å²) < 4.78 is 0.643. The molecule has 2 N–H and O–H groups in total. The van der Waals surface area contributed by atoms with Gasteiger partial charge < -0.3 is 10.6 Å². The fourth-order valence-corrected chi connectivity index (χ4v) is 2.65. The predicted octanol–water partition coefficient (Wildman–Crippen LogP) is 2.94. The molecule has 0 radical (unpaired) electrons. The smallest absolute Gasteiger partial charge is 0.198 e. The van der Waals surface area contributed by atoms with Crippen molar-refractivity contribution in [1.29, 1.82) is 0 Å². The van der Waals surface area contributed by atoms with E-state index in [2.05, 4.69) is 55.6 Å². The highest BCUT2D eigenvalue weighted by Crippen LogP contribution is 2.26. The topological polar surface area (TPSA) is 49.8 Å². The Bertz CT molecular complexity index is 612. The molecule has 0 fully saturated rings. The van der Waals surface area contributed by atoms with E-state index in [1.165, 1.54) is 5.56 Å². The Hall–Kier alpha value is -1.46. The highest BCUT2D eigenvalue weighted by Gasteiger charge is 2.17. The number of rotatable bonds is 2. The third-order valence-electron chi connectivity index (χ3n) is 3.30. The summed E-state index contributed by atoms with van der Waals surface area (Å²) in [4.78, 5) is 8.94.